The average Bonchev–Trinajstić information content (AvgIpc) is 3.03. The Morgan fingerprint density at radius 2 is 2.10 bits per heavy atom. The summed E-state index contributed by atoms with van der Waals surface area (Å²) in [5, 5.41) is 15.1. The van der Waals surface area contributed by atoms with Crippen molar-refractivity contribution in [2.24, 2.45) is 0 Å². The Morgan fingerprint density at radius 1 is 1.30 bits per heavy atom. The Kier molecular flexibility index (Phi) is 4.58. The molecule has 0 unspecified atom stereocenters. The molecular formula is C13H21ClN4O2. The van der Waals surface area contributed by atoms with Gasteiger partial charge in [0.15, 0.2) is 0 Å². The standard InChI is InChI=1S/C13H21ClN4O2/c14-11-7-15-18(8-11)2-1-16-9-12(13(19)10-16)17-3-5-20-6-4-17/h7-8,12-13,19H,1-6,9-10H2/t12-,13-/m1/s1. The van der Waals surface area contributed by atoms with Crippen molar-refractivity contribution in [3.63, 3.8) is 0 Å². The van der Waals surface area contributed by atoms with Crippen molar-refractivity contribution < 1.29 is 9.84 Å². The number of aromatic nitrogens is 2. The van der Waals surface area contributed by atoms with Gasteiger partial charge in [0, 0.05) is 45.0 Å². The molecule has 0 bridgehead atoms. The van der Waals surface area contributed by atoms with Crippen molar-refractivity contribution in [3.8, 4) is 0 Å². The van der Waals surface area contributed by atoms with Crippen LogP contribution < -0.4 is 0 Å². The van der Waals surface area contributed by atoms with Gasteiger partial charge in [-0.15, -0.1) is 0 Å². The number of hydrogen-bond acceptors (Lipinski definition) is 5. The number of aliphatic hydroxyl groups excluding tert-OH is 1. The Morgan fingerprint density at radius 3 is 2.80 bits per heavy atom. The van der Waals surface area contributed by atoms with Gasteiger partial charge in [-0.05, 0) is 0 Å². The molecule has 7 heteroatoms. The Bertz CT molecular complexity index is 436. The van der Waals surface area contributed by atoms with E-state index in [1.807, 2.05) is 10.9 Å². The van der Waals surface area contributed by atoms with Crippen molar-refractivity contribution in [1.82, 2.24) is 19.6 Å². The molecule has 2 fully saturated rings. The summed E-state index contributed by atoms with van der Waals surface area (Å²) in [7, 11) is 0. The first kappa shape index (κ1) is 14.3. The van der Waals surface area contributed by atoms with Crippen molar-refractivity contribution in [2.75, 3.05) is 45.9 Å². The normalized spacial score (nSPS) is 29.1. The number of β-amino-alcohol motifs (C(OH)–C–C–N with tert-alkyl or cyclic N) is 1. The van der Waals surface area contributed by atoms with E-state index in [4.69, 9.17) is 16.3 Å². The molecule has 3 rings (SSSR count). The van der Waals surface area contributed by atoms with Gasteiger partial charge in [-0.3, -0.25) is 14.5 Å². The highest BCUT2D eigenvalue weighted by Crippen LogP contribution is 2.17. The van der Waals surface area contributed by atoms with Gasteiger partial charge < -0.3 is 9.84 Å². The molecule has 0 radical (unpaired) electrons. The minimum Gasteiger partial charge on any atom is -0.390 e. The van der Waals surface area contributed by atoms with Gasteiger partial charge in [-0.25, -0.2) is 0 Å². The Labute approximate surface area is 123 Å². The summed E-state index contributed by atoms with van der Waals surface area (Å²) < 4.78 is 7.21. The summed E-state index contributed by atoms with van der Waals surface area (Å²) in [5.41, 5.74) is 0. The molecule has 2 saturated heterocycles. The third kappa shape index (κ3) is 3.32. The minimum absolute atomic E-state index is 0.236. The molecule has 0 spiro atoms. The first-order valence-corrected chi connectivity index (χ1v) is 7.50. The van der Waals surface area contributed by atoms with Crippen LogP contribution in [0.3, 0.4) is 0 Å². The maximum Gasteiger partial charge on any atom is 0.0834 e. The summed E-state index contributed by atoms with van der Waals surface area (Å²) in [5.74, 6) is 0. The van der Waals surface area contributed by atoms with Crippen LogP contribution in [0.4, 0.5) is 0 Å². The fraction of sp³-hybridized carbons (Fsp3) is 0.769. The van der Waals surface area contributed by atoms with Crippen molar-refractivity contribution in [3.05, 3.63) is 17.4 Å². The number of likely N-dealkylation sites (tertiary alicyclic amines) is 1. The van der Waals surface area contributed by atoms with E-state index in [1.165, 1.54) is 0 Å². The maximum atomic E-state index is 10.2. The Balaban J connectivity index is 1.49. The highest BCUT2D eigenvalue weighted by atomic mass is 35.5. The predicted molar refractivity (Wildman–Crippen MR) is 75.9 cm³/mol. The van der Waals surface area contributed by atoms with E-state index >= 15 is 0 Å². The molecule has 0 amide bonds. The van der Waals surface area contributed by atoms with E-state index in [-0.39, 0.29) is 12.1 Å². The van der Waals surface area contributed by atoms with Crippen LogP contribution in [0.5, 0.6) is 0 Å². The summed E-state index contributed by atoms with van der Waals surface area (Å²) in [4.78, 5) is 4.64. The molecule has 2 aliphatic rings. The summed E-state index contributed by atoms with van der Waals surface area (Å²) in [6.07, 6.45) is 3.21. The van der Waals surface area contributed by atoms with Crippen LogP contribution in [-0.2, 0) is 11.3 Å². The van der Waals surface area contributed by atoms with E-state index in [2.05, 4.69) is 14.9 Å². The highest BCUT2D eigenvalue weighted by molar-refractivity contribution is 6.30. The van der Waals surface area contributed by atoms with E-state index in [9.17, 15) is 5.11 Å². The zero-order chi connectivity index (χ0) is 13.9. The van der Waals surface area contributed by atoms with E-state index in [1.54, 1.807) is 6.20 Å². The molecule has 3 heterocycles. The Hall–Kier alpha value is -0.660. The number of morpholine rings is 1. The molecule has 2 atom stereocenters. The lowest BCUT2D eigenvalue weighted by molar-refractivity contribution is -0.00617. The molecule has 1 N–H and O–H groups in total. The highest BCUT2D eigenvalue weighted by Gasteiger charge is 2.35. The minimum atomic E-state index is -0.269. The number of nitrogens with zero attached hydrogens (tertiary/aromatic N) is 4. The van der Waals surface area contributed by atoms with Gasteiger partial charge in [-0.1, -0.05) is 11.6 Å². The molecule has 0 aromatic carbocycles. The van der Waals surface area contributed by atoms with Crippen LogP contribution in [0, 0.1) is 0 Å². The van der Waals surface area contributed by atoms with Crippen LogP contribution in [0.1, 0.15) is 0 Å². The van der Waals surface area contributed by atoms with Crippen LogP contribution in [-0.4, -0.2) is 82.8 Å². The fourth-order valence-electron chi connectivity index (χ4n) is 3.00. The molecule has 112 valence electrons. The number of rotatable bonds is 4. The average molecular weight is 301 g/mol. The van der Waals surface area contributed by atoms with Crippen LogP contribution in [0.2, 0.25) is 5.02 Å². The summed E-state index contributed by atoms with van der Waals surface area (Å²) in [6.45, 7) is 6.72. The number of aliphatic hydroxyl groups is 1. The van der Waals surface area contributed by atoms with Crippen molar-refractivity contribution in [2.45, 2.75) is 18.7 Å². The molecule has 1 aromatic heterocycles. The summed E-state index contributed by atoms with van der Waals surface area (Å²) >= 11 is 5.85. The van der Waals surface area contributed by atoms with Gasteiger partial charge in [0.25, 0.3) is 0 Å². The third-order valence-electron chi connectivity index (χ3n) is 4.10. The lowest BCUT2D eigenvalue weighted by Crippen LogP contribution is -2.48. The lowest BCUT2D eigenvalue weighted by Gasteiger charge is -2.33. The predicted octanol–water partition coefficient (Wildman–Crippen LogP) is -0.0862. The monoisotopic (exact) mass is 300 g/mol. The molecule has 20 heavy (non-hydrogen) atoms. The van der Waals surface area contributed by atoms with Gasteiger partial charge in [-0.2, -0.15) is 5.10 Å². The number of halogens is 1. The van der Waals surface area contributed by atoms with Crippen LogP contribution in [0.25, 0.3) is 0 Å². The second-order valence-corrected chi connectivity index (χ2v) is 5.90. The van der Waals surface area contributed by atoms with Gasteiger partial charge in [0.05, 0.1) is 37.1 Å². The van der Waals surface area contributed by atoms with Crippen molar-refractivity contribution in [1.29, 1.82) is 0 Å². The summed E-state index contributed by atoms with van der Waals surface area (Å²) in [6, 6.07) is 0.236. The molecule has 2 aliphatic heterocycles. The molecule has 1 aromatic rings. The van der Waals surface area contributed by atoms with Crippen LogP contribution in [0.15, 0.2) is 12.4 Å². The van der Waals surface area contributed by atoms with E-state index < -0.39 is 0 Å². The SMILES string of the molecule is O[C@@H]1CN(CCn2cc(Cl)cn2)C[C@H]1N1CCOCC1. The second kappa shape index (κ2) is 6.41. The topological polar surface area (TPSA) is 53.8 Å². The van der Waals surface area contributed by atoms with Gasteiger partial charge in [0.2, 0.25) is 0 Å². The van der Waals surface area contributed by atoms with E-state index in [0.29, 0.717) is 5.02 Å². The molecule has 6 nitrogen and oxygen atoms in total. The second-order valence-electron chi connectivity index (χ2n) is 5.46. The van der Waals surface area contributed by atoms with Gasteiger partial charge in [0.1, 0.15) is 0 Å². The smallest absolute Gasteiger partial charge is 0.0834 e. The largest absolute Gasteiger partial charge is 0.390 e. The molecule has 0 aliphatic carbocycles. The number of hydrogen-bond donors (Lipinski definition) is 1. The first-order valence-electron chi connectivity index (χ1n) is 7.12. The molecular weight excluding hydrogens is 280 g/mol. The zero-order valence-electron chi connectivity index (χ0n) is 11.5. The maximum absolute atomic E-state index is 10.2. The van der Waals surface area contributed by atoms with Crippen molar-refractivity contribution >= 4 is 11.6 Å². The van der Waals surface area contributed by atoms with E-state index in [0.717, 1.165) is 52.5 Å². The quantitative estimate of drug-likeness (QED) is 0.842. The molecule has 0 saturated carbocycles. The lowest BCUT2D eigenvalue weighted by atomic mass is 10.2. The third-order valence-corrected chi connectivity index (χ3v) is 4.29. The van der Waals surface area contributed by atoms with Crippen LogP contribution >= 0.6 is 11.6 Å². The van der Waals surface area contributed by atoms with Gasteiger partial charge >= 0.3 is 0 Å². The first-order chi connectivity index (χ1) is 9.72. The zero-order valence-corrected chi connectivity index (χ0v) is 12.2. The fourth-order valence-corrected chi connectivity index (χ4v) is 3.16. The number of ether oxygens (including phenoxy) is 1.